The lowest BCUT2D eigenvalue weighted by Gasteiger charge is -2.20. The van der Waals surface area contributed by atoms with Gasteiger partial charge < -0.3 is 24.5 Å². The Morgan fingerprint density at radius 3 is 1.57 bits per heavy atom. The van der Waals surface area contributed by atoms with Crippen LogP contribution in [0.5, 0.6) is 0 Å². The molecule has 23 heavy (non-hydrogen) atoms. The molecule has 0 radical (unpaired) electrons. The molecule has 1 rings (SSSR count). The summed E-state index contributed by atoms with van der Waals surface area (Å²) >= 11 is 0. The minimum Gasteiger partial charge on any atom is -0.302 e. The highest BCUT2D eigenvalue weighted by molar-refractivity contribution is 7.69. The molecule has 0 saturated carbocycles. The summed E-state index contributed by atoms with van der Waals surface area (Å²) < 4.78 is 58.2. The second kappa shape index (κ2) is 6.55. The summed E-state index contributed by atoms with van der Waals surface area (Å²) in [6.45, 7) is 0. The van der Waals surface area contributed by atoms with Crippen molar-refractivity contribution in [2.24, 2.45) is 26.4 Å². The predicted molar refractivity (Wildman–Crippen MR) is 62.5 cm³/mol. The first-order valence-corrected chi connectivity index (χ1v) is 10.6. The van der Waals surface area contributed by atoms with Gasteiger partial charge in [0, 0.05) is 0 Å². The molecule has 0 bridgehead atoms. The van der Waals surface area contributed by atoms with Crippen LogP contribution in [-0.2, 0) is 35.7 Å². The quantitative estimate of drug-likeness (QED) is 0.219. The zero-order chi connectivity index (χ0) is 18.2. The van der Waals surface area contributed by atoms with E-state index in [9.17, 15) is 18.3 Å². The number of nitrogens with two attached hydrogens (primary N) is 1. The van der Waals surface area contributed by atoms with Crippen LogP contribution in [0, 0.1) is 0 Å². The smallest absolute Gasteiger partial charge is 0.302 e. The topological polar surface area (TPSA) is 282 Å². The van der Waals surface area contributed by atoms with Gasteiger partial charge in [-0.05, 0) is 10.4 Å². The van der Waals surface area contributed by atoms with Gasteiger partial charge in [-0.2, -0.15) is 12.9 Å². The third-order valence-electron chi connectivity index (χ3n) is 1.29. The van der Waals surface area contributed by atoms with Crippen LogP contribution in [0.25, 0.3) is 0 Å². The highest BCUT2D eigenvalue weighted by atomic mass is 31.3. The highest BCUT2D eigenvalue weighted by Gasteiger charge is 2.48. The van der Waals surface area contributed by atoms with Crippen LogP contribution in [0.3, 0.4) is 0 Å². The third kappa shape index (κ3) is 7.89. The molecule has 7 N–H and O–H groups in total. The number of rotatable bonds is 8. The minimum absolute atomic E-state index is 2.68. The number of phosphoric ester groups is 1. The fourth-order valence-corrected chi connectivity index (χ4v) is 5.32. The zero-order valence-corrected chi connectivity index (χ0v) is 13.7. The van der Waals surface area contributed by atoms with Crippen LogP contribution in [0.1, 0.15) is 0 Å². The van der Waals surface area contributed by atoms with Crippen molar-refractivity contribution in [1.29, 1.82) is 0 Å². The Balaban J connectivity index is 2.81. The van der Waals surface area contributed by atoms with E-state index in [2.05, 4.69) is 38.1 Å². The van der Waals surface area contributed by atoms with Gasteiger partial charge in [-0.1, -0.05) is 10.2 Å². The third-order valence-corrected chi connectivity index (χ3v) is 6.77. The largest absolute Gasteiger partial charge is 0.490 e. The maximum Gasteiger partial charge on any atom is 0.490 e. The molecule has 0 aromatic heterocycles. The van der Waals surface area contributed by atoms with Crippen molar-refractivity contribution >= 4 is 31.3 Å². The first-order valence-electron chi connectivity index (χ1n) is 4.55. The van der Waals surface area contributed by atoms with Crippen LogP contribution >= 0.6 is 31.3 Å². The molecule has 0 aliphatic carbocycles. The van der Waals surface area contributed by atoms with Gasteiger partial charge in [-0.15, -0.1) is 0 Å². The van der Waals surface area contributed by atoms with Gasteiger partial charge in [-0.3, -0.25) is 5.73 Å². The maximum atomic E-state index is 11.4. The molecule has 1 aliphatic rings. The van der Waals surface area contributed by atoms with E-state index in [0.717, 1.165) is 0 Å². The van der Waals surface area contributed by atoms with Crippen molar-refractivity contribution in [1.82, 2.24) is 0 Å². The SMILES string of the molecule is NC1(OP(=O)(O)OP(=O)(O)OP(=O)(O)OP(=O)(O)O)N=NN=N1. The van der Waals surface area contributed by atoms with Gasteiger partial charge in [0.25, 0.3) is 0 Å². The average Bonchev–Trinajstić information content (AvgIpc) is 2.53. The van der Waals surface area contributed by atoms with Crippen LogP contribution in [0.15, 0.2) is 20.7 Å². The van der Waals surface area contributed by atoms with E-state index < -0.39 is 37.3 Å². The van der Waals surface area contributed by atoms with Crippen LogP contribution in [-0.4, -0.2) is 30.4 Å². The van der Waals surface area contributed by atoms with Gasteiger partial charge in [0.15, 0.2) is 0 Å². The first kappa shape index (κ1) is 20.8. The lowest BCUT2D eigenvalue weighted by molar-refractivity contribution is 0.0508. The van der Waals surface area contributed by atoms with E-state index in [0.29, 0.717) is 0 Å². The Morgan fingerprint density at radius 2 is 1.13 bits per heavy atom. The number of hydrogen-bond acceptors (Lipinski definition) is 13. The second-order valence-corrected chi connectivity index (χ2v) is 9.20. The standard InChI is InChI=1S/CH7N5O13P4/c2-1(3-5-6-4-1)16-21(10,11)18-23(14,15)19-22(12,13)17-20(7,8)9/h2H2,(H,10,11)(H,12,13)(H,14,15)(H2,7,8,9). The summed E-state index contributed by atoms with van der Waals surface area (Å²) in [6.07, 6.45) is 0. The number of nitrogens with zero attached hydrogens (tertiary/aromatic N) is 4. The van der Waals surface area contributed by atoms with Gasteiger partial charge >= 0.3 is 37.3 Å². The lowest BCUT2D eigenvalue weighted by Crippen LogP contribution is -2.35. The molecule has 3 atom stereocenters. The Morgan fingerprint density at radius 1 is 0.739 bits per heavy atom. The molecule has 134 valence electrons. The van der Waals surface area contributed by atoms with E-state index in [4.69, 9.17) is 30.2 Å². The summed E-state index contributed by atoms with van der Waals surface area (Å²) in [6, 6.07) is 0. The van der Waals surface area contributed by atoms with Gasteiger partial charge in [0.05, 0.1) is 0 Å². The fourth-order valence-electron chi connectivity index (χ4n) is 0.836. The van der Waals surface area contributed by atoms with Crippen LogP contribution in [0.4, 0.5) is 0 Å². The van der Waals surface area contributed by atoms with Crippen molar-refractivity contribution in [3.63, 3.8) is 0 Å². The van der Waals surface area contributed by atoms with Crippen molar-refractivity contribution in [2.45, 2.75) is 5.97 Å². The number of hydrogen-bond donors (Lipinski definition) is 6. The van der Waals surface area contributed by atoms with E-state index >= 15 is 0 Å². The maximum absolute atomic E-state index is 11.4. The van der Waals surface area contributed by atoms with Crippen LogP contribution < -0.4 is 5.73 Å². The van der Waals surface area contributed by atoms with Crippen LogP contribution in [0.2, 0.25) is 0 Å². The molecule has 1 aliphatic heterocycles. The molecule has 0 spiro atoms. The van der Waals surface area contributed by atoms with Crippen molar-refractivity contribution in [2.75, 3.05) is 0 Å². The van der Waals surface area contributed by atoms with Crippen molar-refractivity contribution < 1.29 is 60.2 Å². The molecule has 22 heteroatoms. The van der Waals surface area contributed by atoms with Gasteiger partial charge in [0.2, 0.25) is 0 Å². The zero-order valence-electron chi connectivity index (χ0n) is 10.2. The Kier molecular flexibility index (Phi) is 5.92. The molecular formula is CH7N5O13P4. The summed E-state index contributed by atoms with van der Waals surface area (Å²) in [5.41, 5.74) is 5.08. The Labute approximate surface area is 125 Å². The Hall–Kier alpha value is -0.280. The molecule has 0 saturated heterocycles. The highest BCUT2D eigenvalue weighted by Crippen LogP contribution is 2.71. The molecule has 0 amide bonds. The fraction of sp³-hybridized carbons (Fsp3) is 1.00. The average molecular weight is 421 g/mol. The van der Waals surface area contributed by atoms with E-state index in [1.54, 1.807) is 0 Å². The van der Waals surface area contributed by atoms with E-state index in [1.165, 1.54) is 0 Å². The summed E-state index contributed by atoms with van der Waals surface area (Å²) in [7, 11) is -23.0. The minimum atomic E-state index is -5.93. The predicted octanol–water partition coefficient (Wildman–Crippen LogP) is -0.150. The van der Waals surface area contributed by atoms with Gasteiger partial charge in [0.1, 0.15) is 0 Å². The molecular weight excluding hydrogens is 414 g/mol. The molecule has 1 heterocycles. The molecule has 0 aromatic carbocycles. The van der Waals surface area contributed by atoms with Gasteiger partial charge in [-0.25, -0.2) is 22.8 Å². The number of phosphoric acid groups is 4. The first-order chi connectivity index (χ1) is 10.0. The molecule has 0 aromatic rings. The monoisotopic (exact) mass is 421 g/mol. The Bertz CT molecular complexity index is 693. The van der Waals surface area contributed by atoms with Crippen molar-refractivity contribution in [3.8, 4) is 0 Å². The second-order valence-electron chi connectivity index (χ2n) is 3.27. The summed E-state index contributed by atoms with van der Waals surface area (Å²) in [5.74, 6) is -2.68. The van der Waals surface area contributed by atoms with E-state index in [-0.39, 0.29) is 0 Å². The normalized spacial score (nSPS) is 24.8. The lowest BCUT2D eigenvalue weighted by atomic mass is 10.8. The van der Waals surface area contributed by atoms with E-state index in [1.807, 2.05) is 0 Å². The summed E-state index contributed by atoms with van der Waals surface area (Å²) in [4.78, 5) is 43.6. The van der Waals surface area contributed by atoms with Crippen molar-refractivity contribution in [3.05, 3.63) is 0 Å². The molecule has 3 unspecified atom stereocenters. The summed E-state index contributed by atoms with van der Waals surface area (Å²) in [5, 5.41) is 11.4. The molecule has 18 nitrogen and oxygen atoms in total. The molecule has 0 fully saturated rings.